The number of hydrogen-bond donors (Lipinski definition) is 0. The first-order chi connectivity index (χ1) is 13.9. The summed E-state index contributed by atoms with van der Waals surface area (Å²) in [6.45, 7) is 0. The Morgan fingerprint density at radius 3 is 1.96 bits per heavy atom. The molecule has 0 amide bonds. The minimum atomic E-state index is 0.662. The molecule has 2 nitrogen and oxygen atoms in total. The average Bonchev–Trinajstić information content (AvgIpc) is 3.21. The lowest BCUT2D eigenvalue weighted by molar-refractivity contribution is 0.616. The van der Waals surface area contributed by atoms with Gasteiger partial charge >= 0.3 is 0 Å². The van der Waals surface area contributed by atoms with Crippen molar-refractivity contribution in [3.05, 3.63) is 114 Å². The van der Waals surface area contributed by atoms with Crippen LogP contribution >= 0.6 is 0 Å². The topological polar surface area (TPSA) is 26.0 Å². The third kappa shape index (κ3) is 3.21. The third-order valence-corrected chi connectivity index (χ3v) is 4.97. The Morgan fingerprint density at radius 2 is 1.21 bits per heavy atom. The standard InChI is InChI=1S/C26H19NO/c1-3-8-19(9-4-1)18-23-12-7-13-24-25(23)28-26(27-24)22-16-14-21(15-17-22)20-10-5-2-6-11-20/h1-17H,18H2. The van der Waals surface area contributed by atoms with E-state index in [1.54, 1.807) is 0 Å². The van der Waals surface area contributed by atoms with Crippen LogP contribution in [0.2, 0.25) is 0 Å². The molecule has 5 aromatic rings. The fraction of sp³-hybridized carbons (Fsp3) is 0.0385. The van der Waals surface area contributed by atoms with E-state index >= 15 is 0 Å². The van der Waals surface area contributed by atoms with Crippen LogP contribution in [0.1, 0.15) is 11.1 Å². The van der Waals surface area contributed by atoms with Crippen molar-refractivity contribution in [2.75, 3.05) is 0 Å². The van der Waals surface area contributed by atoms with Crippen LogP contribution in [0.5, 0.6) is 0 Å². The lowest BCUT2D eigenvalue weighted by atomic mass is 10.0. The Labute approximate surface area is 164 Å². The molecule has 2 heteroatoms. The van der Waals surface area contributed by atoms with Gasteiger partial charge in [-0.3, -0.25) is 0 Å². The van der Waals surface area contributed by atoms with Crippen LogP contribution in [0.15, 0.2) is 108 Å². The predicted molar refractivity (Wildman–Crippen MR) is 114 cm³/mol. The van der Waals surface area contributed by atoms with Gasteiger partial charge < -0.3 is 4.42 Å². The van der Waals surface area contributed by atoms with E-state index in [1.165, 1.54) is 16.7 Å². The maximum Gasteiger partial charge on any atom is 0.227 e. The van der Waals surface area contributed by atoms with Crippen LogP contribution in [0.4, 0.5) is 0 Å². The molecule has 134 valence electrons. The summed E-state index contributed by atoms with van der Waals surface area (Å²) < 4.78 is 6.19. The van der Waals surface area contributed by atoms with E-state index in [0.717, 1.165) is 28.6 Å². The summed E-state index contributed by atoms with van der Waals surface area (Å²) in [5.41, 5.74) is 7.57. The zero-order chi connectivity index (χ0) is 18.8. The van der Waals surface area contributed by atoms with Gasteiger partial charge in [-0.2, -0.15) is 0 Å². The SMILES string of the molecule is c1ccc(Cc2cccc3nc(-c4ccc(-c5ccccc5)cc4)oc23)cc1. The van der Waals surface area contributed by atoms with E-state index in [2.05, 4.69) is 78.9 Å². The number of para-hydroxylation sites is 1. The first-order valence-electron chi connectivity index (χ1n) is 9.45. The predicted octanol–water partition coefficient (Wildman–Crippen LogP) is 6.75. The van der Waals surface area contributed by atoms with Gasteiger partial charge in [-0.25, -0.2) is 4.98 Å². The van der Waals surface area contributed by atoms with Gasteiger partial charge in [0.05, 0.1) is 0 Å². The van der Waals surface area contributed by atoms with Crippen molar-refractivity contribution in [3.8, 4) is 22.6 Å². The quantitative estimate of drug-likeness (QED) is 0.354. The molecular weight excluding hydrogens is 342 g/mol. The molecule has 0 saturated heterocycles. The Balaban J connectivity index is 1.49. The van der Waals surface area contributed by atoms with E-state index in [9.17, 15) is 0 Å². The van der Waals surface area contributed by atoms with Gasteiger partial charge in [0, 0.05) is 17.5 Å². The minimum absolute atomic E-state index is 0.662. The first kappa shape index (κ1) is 16.5. The van der Waals surface area contributed by atoms with Gasteiger partial charge in [0.25, 0.3) is 0 Å². The number of hydrogen-bond acceptors (Lipinski definition) is 2. The van der Waals surface area contributed by atoms with E-state index in [-0.39, 0.29) is 0 Å². The number of rotatable bonds is 4. The van der Waals surface area contributed by atoms with Crippen LogP contribution in [-0.4, -0.2) is 4.98 Å². The highest BCUT2D eigenvalue weighted by Gasteiger charge is 2.12. The maximum atomic E-state index is 6.19. The molecule has 1 heterocycles. The summed E-state index contributed by atoms with van der Waals surface area (Å²) in [7, 11) is 0. The highest BCUT2D eigenvalue weighted by molar-refractivity contribution is 5.80. The number of nitrogens with zero attached hydrogens (tertiary/aromatic N) is 1. The summed E-state index contributed by atoms with van der Waals surface area (Å²) in [5.74, 6) is 0.662. The molecule has 5 rings (SSSR count). The Hall–Kier alpha value is -3.65. The van der Waals surface area contributed by atoms with Gasteiger partial charge in [0.1, 0.15) is 5.52 Å². The second kappa shape index (κ2) is 7.16. The zero-order valence-electron chi connectivity index (χ0n) is 15.4. The second-order valence-corrected chi connectivity index (χ2v) is 6.89. The average molecular weight is 361 g/mol. The Kier molecular flexibility index (Phi) is 4.23. The Bertz CT molecular complexity index is 1210. The largest absolute Gasteiger partial charge is 0.436 e. The normalized spacial score (nSPS) is 11.0. The summed E-state index contributed by atoms with van der Waals surface area (Å²) in [5, 5.41) is 0. The lowest BCUT2D eigenvalue weighted by Gasteiger charge is -2.03. The van der Waals surface area contributed by atoms with E-state index in [1.807, 2.05) is 24.3 Å². The Morgan fingerprint density at radius 1 is 0.571 bits per heavy atom. The zero-order valence-corrected chi connectivity index (χ0v) is 15.4. The van der Waals surface area contributed by atoms with E-state index in [0.29, 0.717) is 5.89 Å². The highest BCUT2D eigenvalue weighted by Crippen LogP contribution is 2.29. The van der Waals surface area contributed by atoms with Gasteiger partial charge in [-0.05, 0) is 34.9 Å². The van der Waals surface area contributed by atoms with Gasteiger partial charge in [0.2, 0.25) is 5.89 Å². The maximum absolute atomic E-state index is 6.19. The molecule has 0 fully saturated rings. The number of aromatic nitrogens is 1. The van der Waals surface area contributed by atoms with Crippen LogP contribution in [0.3, 0.4) is 0 Å². The molecule has 0 aliphatic heterocycles. The molecule has 1 aromatic heterocycles. The summed E-state index contributed by atoms with van der Waals surface area (Å²) in [6.07, 6.45) is 0.833. The summed E-state index contributed by atoms with van der Waals surface area (Å²) >= 11 is 0. The molecule has 0 atom stereocenters. The molecule has 0 radical (unpaired) electrons. The first-order valence-corrected chi connectivity index (χ1v) is 9.45. The van der Waals surface area contributed by atoms with E-state index in [4.69, 9.17) is 9.40 Å². The number of fused-ring (bicyclic) bond motifs is 1. The molecule has 0 aliphatic rings. The molecule has 0 N–H and O–H groups in total. The molecular formula is C26H19NO. The fourth-order valence-corrected chi connectivity index (χ4v) is 3.52. The monoisotopic (exact) mass is 361 g/mol. The van der Waals surface area contributed by atoms with Crippen LogP contribution < -0.4 is 0 Å². The molecule has 4 aromatic carbocycles. The number of oxazole rings is 1. The fourth-order valence-electron chi connectivity index (χ4n) is 3.52. The van der Waals surface area contributed by atoms with Crippen LogP contribution in [-0.2, 0) is 6.42 Å². The van der Waals surface area contributed by atoms with Crippen molar-refractivity contribution in [2.24, 2.45) is 0 Å². The molecule has 0 aliphatic carbocycles. The molecule has 0 bridgehead atoms. The molecule has 28 heavy (non-hydrogen) atoms. The van der Waals surface area contributed by atoms with Crippen LogP contribution in [0, 0.1) is 0 Å². The van der Waals surface area contributed by atoms with Gasteiger partial charge in [-0.1, -0.05) is 84.9 Å². The van der Waals surface area contributed by atoms with Crippen molar-refractivity contribution in [1.82, 2.24) is 4.98 Å². The molecule has 0 spiro atoms. The molecule has 0 saturated carbocycles. The third-order valence-electron chi connectivity index (χ3n) is 4.97. The highest BCUT2D eigenvalue weighted by atomic mass is 16.3. The van der Waals surface area contributed by atoms with Crippen molar-refractivity contribution >= 4 is 11.1 Å². The van der Waals surface area contributed by atoms with Crippen molar-refractivity contribution in [2.45, 2.75) is 6.42 Å². The minimum Gasteiger partial charge on any atom is -0.436 e. The summed E-state index contributed by atoms with van der Waals surface area (Å²) in [6, 6.07) is 35.4. The second-order valence-electron chi connectivity index (χ2n) is 6.89. The van der Waals surface area contributed by atoms with Crippen LogP contribution in [0.25, 0.3) is 33.7 Å². The lowest BCUT2D eigenvalue weighted by Crippen LogP contribution is -1.87. The van der Waals surface area contributed by atoms with Crippen molar-refractivity contribution < 1.29 is 4.42 Å². The van der Waals surface area contributed by atoms with Crippen molar-refractivity contribution in [3.63, 3.8) is 0 Å². The van der Waals surface area contributed by atoms with Crippen molar-refractivity contribution in [1.29, 1.82) is 0 Å². The summed E-state index contributed by atoms with van der Waals surface area (Å²) in [4.78, 5) is 4.72. The smallest absolute Gasteiger partial charge is 0.227 e. The van der Waals surface area contributed by atoms with E-state index < -0.39 is 0 Å². The molecule has 0 unspecified atom stereocenters. The number of benzene rings is 4. The van der Waals surface area contributed by atoms with Gasteiger partial charge in [-0.15, -0.1) is 0 Å². The van der Waals surface area contributed by atoms with Gasteiger partial charge in [0.15, 0.2) is 5.58 Å².